The maximum absolute atomic E-state index is 11.7. The molecule has 0 bridgehead atoms. The third kappa shape index (κ3) is 4.46. The fraction of sp³-hybridized carbons (Fsp3) is 0.500. The van der Waals surface area contributed by atoms with Gasteiger partial charge in [-0.25, -0.2) is 8.42 Å². The van der Waals surface area contributed by atoms with E-state index in [1.54, 1.807) is 30.0 Å². The van der Waals surface area contributed by atoms with E-state index in [2.05, 4.69) is 12.2 Å². The van der Waals surface area contributed by atoms with Crippen LogP contribution in [0.25, 0.3) is 0 Å². The molecule has 1 N–H and O–H groups in total. The molecule has 1 rings (SSSR count). The Kier molecular flexibility index (Phi) is 5.98. The van der Waals surface area contributed by atoms with E-state index < -0.39 is 9.84 Å². The summed E-state index contributed by atoms with van der Waals surface area (Å²) in [6, 6.07) is 5.28. The van der Waals surface area contributed by atoms with Crippen LogP contribution in [-0.4, -0.2) is 32.7 Å². The zero-order valence-corrected chi connectivity index (χ0v) is 13.1. The summed E-state index contributed by atoms with van der Waals surface area (Å²) in [6.07, 6.45) is 3.24. The number of hydrogen-bond donors (Lipinski definition) is 1. The maximum Gasteiger partial charge on any atom is 0.175 e. The van der Waals surface area contributed by atoms with Crippen molar-refractivity contribution in [3.63, 3.8) is 0 Å². The van der Waals surface area contributed by atoms with Crippen LogP contribution in [0.5, 0.6) is 0 Å². The Morgan fingerprint density at radius 3 is 2.67 bits per heavy atom. The molecule has 6 heteroatoms. The highest BCUT2D eigenvalue weighted by Gasteiger charge is 2.16. The average molecular weight is 308 g/mol. The maximum atomic E-state index is 11.7. The summed E-state index contributed by atoms with van der Waals surface area (Å²) < 4.78 is 23.4. The van der Waals surface area contributed by atoms with Crippen LogP contribution in [0.1, 0.15) is 12.5 Å². The highest BCUT2D eigenvalue weighted by molar-refractivity contribution is 7.98. The Hall–Kier alpha value is -0.230. The number of benzene rings is 1. The van der Waals surface area contributed by atoms with E-state index in [4.69, 9.17) is 11.6 Å². The summed E-state index contributed by atoms with van der Waals surface area (Å²) in [7, 11) is -3.25. The van der Waals surface area contributed by atoms with Crippen LogP contribution in [0, 0.1) is 0 Å². The SMILES string of the molecule is CSCC(C)NCc1c(Cl)cccc1S(C)(=O)=O. The van der Waals surface area contributed by atoms with Crippen LogP contribution in [0.2, 0.25) is 5.02 Å². The summed E-state index contributed by atoms with van der Waals surface area (Å²) in [5.41, 5.74) is 0.648. The Balaban J connectivity index is 2.94. The molecule has 0 amide bonds. The van der Waals surface area contributed by atoms with Gasteiger partial charge in [-0.3, -0.25) is 0 Å². The van der Waals surface area contributed by atoms with E-state index in [-0.39, 0.29) is 0 Å². The van der Waals surface area contributed by atoms with Crippen molar-refractivity contribution >= 4 is 33.2 Å². The summed E-state index contributed by atoms with van der Waals surface area (Å²) in [5.74, 6) is 0.971. The van der Waals surface area contributed by atoms with Gasteiger partial charge >= 0.3 is 0 Å². The minimum absolute atomic E-state index is 0.304. The molecule has 3 nitrogen and oxygen atoms in total. The smallest absolute Gasteiger partial charge is 0.175 e. The number of halogens is 1. The monoisotopic (exact) mass is 307 g/mol. The highest BCUT2D eigenvalue weighted by Crippen LogP contribution is 2.24. The largest absolute Gasteiger partial charge is 0.309 e. The van der Waals surface area contributed by atoms with Gasteiger partial charge in [0.05, 0.1) is 4.90 Å². The lowest BCUT2D eigenvalue weighted by molar-refractivity contribution is 0.582. The van der Waals surface area contributed by atoms with Crippen LogP contribution in [0.3, 0.4) is 0 Å². The van der Waals surface area contributed by atoms with Crippen molar-refractivity contribution in [2.24, 2.45) is 0 Å². The highest BCUT2D eigenvalue weighted by atomic mass is 35.5. The Morgan fingerprint density at radius 2 is 2.11 bits per heavy atom. The van der Waals surface area contributed by atoms with E-state index in [0.29, 0.717) is 28.1 Å². The summed E-state index contributed by atoms with van der Waals surface area (Å²) in [6.45, 7) is 2.53. The first-order chi connectivity index (χ1) is 8.36. The second kappa shape index (κ2) is 6.80. The van der Waals surface area contributed by atoms with Gasteiger partial charge in [0, 0.05) is 35.2 Å². The molecule has 0 aromatic heterocycles. The molecular formula is C12H18ClNO2S2. The van der Waals surface area contributed by atoms with Gasteiger partial charge < -0.3 is 5.32 Å². The fourth-order valence-corrected chi connectivity index (χ4v) is 3.51. The van der Waals surface area contributed by atoms with Gasteiger partial charge in [0.15, 0.2) is 9.84 Å². The van der Waals surface area contributed by atoms with E-state index >= 15 is 0 Å². The molecule has 0 saturated heterocycles. The van der Waals surface area contributed by atoms with Gasteiger partial charge in [-0.2, -0.15) is 11.8 Å². The van der Waals surface area contributed by atoms with Crippen LogP contribution in [0.15, 0.2) is 23.1 Å². The van der Waals surface area contributed by atoms with Gasteiger partial charge in [0.1, 0.15) is 0 Å². The number of hydrogen-bond acceptors (Lipinski definition) is 4. The molecule has 0 fully saturated rings. The van der Waals surface area contributed by atoms with Crippen LogP contribution in [0.4, 0.5) is 0 Å². The van der Waals surface area contributed by atoms with Crippen molar-refractivity contribution in [3.05, 3.63) is 28.8 Å². The summed E-state index contributed by atoms with van der Waals surface area (Å²) >= 11 is 7.83. The Labute approximate surface area is 118 Å². The number of nitrogens with one attached hydrogen (secondary N) is 1. The van der Waals surface area contributed by atoms with Crippen molar-refractivity contribution in [3.8, 4) is 0 Å². The quantitative estimate of drug-likeness (QED) is 0.877. The Bertz CT molecular complexity index is 503. The Morgan fingerprint density at radius 1 is 1.44 bits per heavy atom. The zero-order chi connectivity index (χ0) is 13.8. The van der Waals surface area contributed by atoms with Gasteiger partial charge in [-0.15, -0.1) is 0 Å². The minimum Gasteiger partial charge on any atom is -0.309 e. The van der Waals surface area contributed by atoms with Gasteiger partial charge in [0.25, 0.3) is 0 Å². The fourth-order valence-electron chi connectivity index (χ4n) is 1.64. The van der Waals surface area contributed by atoms with E-state index in [1.165, 1.54) is 6.26 Å². The first-order valence-electron chi connectivity index (χ1n) is 5.56. The predicted molar refractivity (Wildman–Crippen MR) is 79.2 cm³/mol. The first-order valence-corrected chi connectivity index (χ1v) is 9.22. The molecular weight excluding hydrogens is 290 g/mol. The number of rotatable bonds is 6. The lowest BCUT2D eigenvalue weighted by atomic mass is 10.2. The molecule has 0 aliphatic rings. The molecule has 0 aliphatic heterocycles. The standard InChI is InChI=1S/C12H18ClNO2S2/c1-9(8-17-2)14-7-10-11(13)5-4-6-12(10)18(3,15)16/h4-6,9,14H,7-8H2,1-3H3. The molecule has 1 unspecified atom stereocenters. The van der Waals surface area contributed by atoms with Crippen molar-refractivity contribution in [2.75, 3.05) is 18.3 Å². The number of thioether (sulfide) groups is 1. The zero-order valence-electron chi connectivity index (χ0n) is 10.7. The second-order valence-electron chi connectivity index (χ2n) is 4.23. The molecule has 0 saturated carbocycles. The lowest BCUT2D eigenvalue weighted by Gasteiger charge is -2.15. The lowest BCUT2D eigenvalue weighted by Crippen LogP contribution is -2.28. The summed E-state index contributed by atoms with van der Waals surface area (Å²) in [5, 5.41) is 3.77. The van der Waals surface area contributed by atoms with Crippen LogP contribution in [-0.2, 0) is 16.4 Å². The van der Waals surface area contributed by atoms with Gasteiger partial charge in [-0.05, 0) is 25.3 Å². The predicted octanol–water partition coefficient (Wildman–Crippen LogP) is 2.58. The molecule has 0 spiro atoms. The van der Waals surface area contributed by atoms with E-state index in [1.807, 2.05) is 6.26 Å². The average Bonchev–Trinajstić information content (AvgIpc) is 2.26. The minimum atomic E-state index is -3.25. The molecule has 102 valence electrons. The molecule has 1 aromatic carbocycles. The molecule has 0 radical (unpaired) electrons. The van der Waals surface area contributed by atoms with Crippen LogP contribution >= 0.6 is 23.4 Å². The normalized spacial score (nSPS) is 13.6. The topological polar surface area (TPSA) is 46.2 Å². The van der Waals surface area contributed by atoms with Gasteiger partial charge in [0.2, 0.25) is 0 Å². The third-order valence-corrected chi connectivity index (χ3v) is 4.89. The second-order valence-corrected chi connectivity index (χ2v) is 7.53. The van der Waals surface area contributed by atoms with Crippen LogP contribution < -0.4 is 5.32 Å². The van der Waals surface area contributed by atoms with Crippen molar-refractivity contribution in [2.45, 2.75) is 24.4 Å². The molecule has 1 atom stereocenters. The van der Waals surface area contributed by atoms with E-state index in [0.717, 1.165) is 5.75 Å². The van der Waals surface area contributed by atoms with Crippen molar-refractivity contribution in [1.82, 2.24) is 5.32 Å². The number of sulfone groups is 1. The molecule has 0 aliphatic carbocycles. The first kappa shape index (κ1) is 15.8. The van der Waals surface area contributed by atoms with E-state index in [9.17, 15) is 8.42 Å². The molecule has 1 aromatic rings. The van der Waals surface area contributed by atoms with Crippen molar-refractivity contribution < 1.29 is 8.42 Å². The summed E-state index contributed by atoms with van der Waals surface area (Å²) in [4.78, 5) is 0.304. The molecule has 0 heterocycles. The van der Waals surface area contributed by atoms with Crippen molar-refractivity contribution in [1.29, 1.82) is 0 Å². The third-order valence-electron chi connectivity index (χ3n) is 2.52. The van der Waals surface area contributed by atoms with Gasteiger partial charge in [-0.1, -0.05) is 17.7 Å². The molecule has 18 heavy (non-hydrogen) atoms.